The maximum Gasteiger partial charge on any atom is 0.359 e. The van der Waals surface area contributed by atoms with Gasteiger partial charge in [-0.3, -0.25) is 4.57 Å². The second-order valence-corrected chi connectivity index (χ2v) is 11.4. The van der Waals surface area contributed by atoms with Crippen molar-refractivity contribution in [3.63, 3.8) is 0 Å². The van der Waals surface area contributed by atoms with Crippen molar-refractivity contribution in [3.05, 3.63) is 6.20 Å². The zero-order chi connectivity index (χ0) is 26.8. The molecule has 1 saturated heterocycles. The molecule has 37 heavy (non-hydrogen) atoms. The molecule has 1 aliphatic heterocycles. The van der Waals surface area contributed by atoms with Gasteiger partial charge in [-0.25, -0.2) is 4.68 Å². The molecule has 2 fully saturated rings. The maximum atomic E-state index is 11.9. The Morgan fingerprint density at radius 1 is 1.24 bits per heavy atom. The van der Waals surface area contributed by atoms with Gasteiger partial charge in [-0.15, -0.1) is 0 Å². The Morgan fingerprint density at radius 3 is 2.62 bits per heavy atom. The van der Waals surface area contributed by atoms with Crippen LogP contribution in [0.5, 0.6) is 6.01 Å². The van der Waals surface area contributed by atoms with E-state index in [0.717, 1.165) is 25.7 Å². The average molecular weight is 548 g/mol. The zero-order valence-corrected chi connectivity index (χ0v) is 21.5. The molecule has 4 rings (SSSR count). The van der Waals surface area contributed by atoms with Crippen molar-refractivity contribution in [1.82, 2.24) is 19.7 Å². The first-order valence-corrected chi connectivity index (χ1v) is 13.6. The molecule has 0 radical (unpaired) electrons. The van der Waals surface area contributed by atoms with E-state index in [1.807, 2.05) is 0 Å². The van der Waals surface area contributed by atoms with E-state index in [-0.39, 0.29) is 30.9 Å². The van der Waals surface area contributed by atoms with Gasteiger partial charge in [0.15, 0.2) is 17.2 Å². The van der Waals surface area contributed by atoms with Gasteiger partial charge in [0.2, 0.25) is 0 Å². The number of methoxy groups -OCH3 is 1. The minimum Gasteiger partial charge on any atom is -0.461 e. The number of hydrogen-bond donors (Lipinski definition) is 6. The summed E-state index contributed by atoms with van der Waals surface area (Å²) in [5, 5.41) is 36.8. The minimum absolute atomic E-state index is 0.00584. The van der Waals surface area contributed by atoms with Gasteiger partial charge in [0.1, 0.15) is 30.7 Å². The van der Waals surface area contributed by atoms with E-state index in [4.69, 9.17) is 24.1 Å². The molecule has 0 amide bonds. The van der Waals surface area contributed by atoms with Crippen LogP contribution in [0.3, 0.4) is 0 Å². The lowest BCUT2D eigenvalue weighted by atomic mass is 10.1. The van der Waals surface area contributed by atoms with Crippen LogP contribution < -0.4 is 10.1 Å². The van der Waals surface area contributed by atoms with E-state index < -0.39 is 50.7 Å². The standard InChI is InChI=1S/C21H34N5O10P/c1-21(11-33-2,37(30,31)32)35-10-14-15(28)16(29)19(36-14)26-18-13(9-22-26)17(23-12-5-3-4-6-12)24-20(25-18)34-8-7-27/h9,12,14-16,19,27-29H,3-8,10-11H2,1-2H3,(H,23,24,25)(H2,30,31,32)/t14-,15-,16-,19-,21?/m1/s1. The normalized spacial score (nSPS) is 26.6. The molecule has 1 aliphatic carbocycles. The molecule has 5 atom stereocenters. The lowest BCUT2D eigenvalue weighted by molar-refractivity contribution is -0.107. The summed E-state index contributed by atoms with van der Waals surface area (Å²) in [4.78, 5) is 28.2. The first-order valence-electron chi connectivity index (χ1n) is 12.0. The molecule has 3 heterocycles. The smallest absolute Gasteiger partial charge is 0.359 e. The third-order valence-corrected chi connectivity index (χ3v) is 8.11. The van der Waals surface area contributed by atoms with Crippen LogP contribution in [0.1, 0.15) is 38.8 Å². The van der Waals surface area contributed by atoms with Crippen LogP contribution in [0.4, 0.5) is 5.82 Å². The maximum absolute atomic E-state index is 11.9. The van der Waals surface area contributed by atoms with Crippen molar-refractivity contribution in [2.24, 2.45) is 0 Å². The summed E-state index contributed by atoms with van der Waals surface area (Å²) in [6.07, 6.45) is 0.470. The molecule has 0 spiro atoms. The number of aromatic nitrogens is 4. The molecule has 1 saturated carbocycles. The van der Waals surface area contributed by atoms with Gasteiger partial charge in [-0.1, -0.05) is 12.8 Å². The zero-order valence-electron chi connectivity index (χ0n) is 20.6. The molecule has 2 aliphatic rings. The quantitative estimate of drug-likeness (QED) is 0.189. The molecule has 16 heteroatoms. The Bertz CT molecular complexity index is 1110. The van der Waals surface area contributed by atoms with Crippen molar-refractivity contribution in [3.8, 4) is 6.01 Å². The summed E-state index contributed by atoms with van der Waals surface area (Å²) < 4.78 is 34.8. The fourth-order valence-corrected chi connectivity index (χ4v) is 5.02. The molecule has 0 aromatic carbocycles. The summed E-state index contributed by atoms with van der Waals surface area (Å²) in [6.45, 7) is 0.0919. The van der Waals surface area contributed by atoms with Gasteiger partial charge in [0.05, 0.1) is 31.4 Å². The highest BCUT2D eigenvalue weighted by atomic mass is 31.2. The van der Waals surface area contributed by atoms with Gasteiger partial charge in [0.25, 0.3) is 0 Å². The van der Waals surface area contributed by atoms with E-state index in [0.29, 0.717) is 11.2 Å². The number of aliphatic hydroxyl groups is 3. The third kappa shape index (κ3) is 5.90. The SMILES string of the molecule is COCC(C)(OC[C@H]1O[C@@H](n2ncc3c(NC4CCCC4)nc(OCCO)nc32)[C@H](O)[C@@H]1O)P(=O)(O)O. The largest absolute Gasteiger partial charge is 0.461 e. The van der Waals surface area contributed by atoms with Crippen LogP contribution in [-0.2, 0) is 18.8 Å². The van der Waals surface area contributed by atoms with Crippen LogP contribution in [0, 0.1) is 0 Å². The fraction of sp³-hybridized carbons (Fsp3) is 0.762. The second kappa shape index (κ2) is 11.4. The first kappa shape index (κ1) is 28.1. The van der Waals surface area contributed by atoms with Crippen LogP contribution in [0.2, 0.25) is 0 Å². The van der Waals surface area contributed by atoms with Gasteiger partial charge in [-0.05, 0) is 19.8 Å². The number of ether oxygens (including phenoxy) is 4. The lowest BCUT2D eigenvalue weighted by Crippen LogP contribution is -2.40. The predicted octanol–water partition coefficient (Wildman–Crippen LogP) is -0.272. The molecular formula is C21H34N5O10P. The van der Waals surface area contributed by atoms with Crippen molar-refractivity contribution < 1.29 is 48.6 Å². The molecule has 0 bridgehead atoms. The van der Waals surface area contributed by atoms with E-state index >= 15 is 0 Å². The fourth-order valence-electron chi connectivity index (χ4n) is 4.48. The molecule has 15 nitrogen and oxygen atoms in total. The Kier molecular flexibility index (Phi) is 8.68. The molecule has 6 N–H and O–H groups in total. The Morgan fingerprint density at radius 2 is 1.97 bits per heavy atom. The van der Waals surface area contributed by atoms with Gasteiger partial charge in [-0.2, -0.15) is 15.1 Å². The van der Waals surface area contributed by atoms with Crippen LogP contribution >= 0.6 is 7.60 Å². The Labute approximate surface area is 212 Å². The summed E-state index contributed by atoms with van der Waals surface area (Å²) in [6, 6.07) is 0.216. The third-order valence-electron chi connectivity index (χ3n) is 6.62. The molecule has 208 valence electrons. The molecule has 2 aromatic heterocycles. The van der Waals surface area contributed by atoms with Crippen molar-refractivity contribution in [2.75, 3.05) is 38.9 Å². The average Bonchev–Trinajstić information content (AvgIpc) is 3.57. The first-order chi connectivity index (χ1) is 17.6. The number of aliphatic hydroxyl groups excluding tert-OH is 3. The monoisotopic (exact) mass is 547 g/mol. The van der Waals surface area contributed by atoms with E-state index in [9.17, 15) is 24.6 Å². The molecular weight excluding hydrogens is 513 g/mol. The van der Waals surface area contributed by atoms with Crippen LogP contribution in [0.15, 0.2) is 6.20 Å². The van der Waals surface area contributed by atoms with Gasteiger partial charge < -0.3 is 49.4 Å². The number of hydrogen-bond acceptors (Lipinski definition) is 12. The van der Waals surface area contributed by atoms with Crippen molar-refractivity contribution in [1.29, 1.82) is 0 Å². The number of fused-ring (bicyclic) bond motifs is 1. The second-order valence-electron chi connectivity index (χ2n) is 9.39. The predicted molar refractivity (Wildman–Crippen MR) is 128 cm³/mol. The van der Waals surface area contributed by atoms with E-state index in [1.165, 1.54) is 24.9 Å². The summed E-state index contributed by atoms with van der Waals surface area (Å²) in [5.74, 6) is 0.487. The topological polar surface area (TPSA) is 211 Å². The van der Waals surface area contributed by atoms with Gasteiger partial charge >= 0.3 is 13.6 Å². The lowest BCUT2D eigenvalue weighted by Gasteiger charge is -2.31. The summed E-state index contributed by atoms with van der Waals surface area (Å²) in [7, 11) is -3.47. The number of anilines is 1. The Hall–Kier alpha value is -1.94. The number of nitrogens with zero attached hydrogens (tertiary/aromatic N) is 4. The molecule has 2 aromatic rings. The number of nitrogens with one attached hydrogen (secondary N) is 1. The Balaban J connectivity index is 1.59. The van der Waals surface area contributed by atoms with E-state index in [1.54, 1.807) is 0 Å². The van der Waals surface area contributed by atoms with Gasteiger partial charge in [0, 0.05) is 13.2 Å². The van der Waals surface area contributed by atoms with Crippen molar-refractivity contribution in [2.45, 2.75) is 68.5 Å². The minimum atomic E-state index is -4.75. The highest BCUT2D eigenvalue weighted by Gasteiger charge is 2.49. The highest BCUT2D eigenvalue weighted by Crippen LogP contribution is 2.51. The summed E-state index contributed by atoms with van der Waals surface area (Å²) >= 11 is 0. The van der Waals surface area contributed by atoms with E-state index in [2.05, 4.69) is 20.4 Å². The van der Waals surface area contributed by atoms with Crippen LogP contribution in [0.25, 0.3) is 11.0 Å². The number of rotatable bonds is 12. The molecule has 1 unspecified atom stereocenters. The summed E-state index contributed by atoms with van der Waals surface area (Å²) in [5.41, 5.74) is 0.265. The van der Waals surface area contributed by atoms with Crippen LogP contribution in [-0.4, -0.2) is 108 Å². The van der Waals surface area contributed by atoms with Crippen molar-refractivity contribution >= 4 is 24.4 Å². The highest BCUT2D eigenvalue weighted by molar-refractivity contribution is 7.53.